The molecular formula is C24H29N5O3S. The molecule has 3 amide bonds. The van der Waals surface area contributed by atoms with Gasteiger partial charge in [0, 0.05) is 24.3 Å². The van der Waals surface area contributed by atoms with Crippen molar-refractivity contribution in [2.45, 2.75) is 62.1 Å². The number of pyridine rings is 1. The summed E-state index contributed by atoms with van der Waals surface area (Å²) in [6.07, 6.45) is 3.79. The summed E-state index contributed by atoms with van der Waals surface area (Å²) in [6.45, 7) is 7.70. The van der Waals surface area contributed by atoms with Crippen LogP contribution in [0, 0.1) is 6.92 Å². The van der Waals surface area contributed by atoms with Crippen LogP contribution < -0.4 is 25.6 Å². The van der Waals surface area contributed by atoms with E-state index >= 15 is 0 Å². The van der Waals surface area contributed by atoms with Crippen LogP contribution in [0.2, 0.25) is 0 Å². The van der Waals surface area contributed by atoms with Gasteiger partial charge in [0.05, 0.1) is 23.5 Å². The summed E-state index contributed by atoms with van der Waals surface area (Å²) >= 11 is 1.43. The fourth-order valence-electron chi connectivity index (χ4n) is 4.75. The van der Waals surface area contributed by atoms with Gasteiger partial charge in [-0.2, -0.15) is 0 Å². The topological polar surface area (TPSA) is 95.6 Å². The zero-order chi connectivity index (χ0) is 23.1. The summed E-state index contributed by atoms with van der Waals surface area (Å²) in [5.41, 5.74) is 3.39. The number of benzene rings is 1. The van der Waals surface area contributed by atoms with Gasteiger partial charge in [0.1, 0.15) is 16.0 Å². The van der Waals surface area contributed by atoms with Crippen LogP contribution in [0.3, 0.4) is 0 Å². The summed E-state index contributed by atoms with van der Waals surface area (Å²) in [6, 6.07) is 7.05. The smallest absolute Gasteiger partial charge is 0.327 e. The highest BCUT2D eigenvalue weighted by Crippen LogP contribution is 2.51. The van der Waals surface area contributed by atoms with Gasteiger partial charge in [0.25, 0.3) is 0 Å². The van der Waals surface area contributed by atoms with Gasteiger partial charge in [-0.05, 0) is 70.0 Å². The first-order chi connectivity index (χ1) is 15.9. The average Bonchev–Trinajstić information content (AvgIpc) is 3.15. The Morgan fingerprint density at radius 3 is 2.88 bits per heavy atom. The molecule has 174 valence electrons. The van der Waals surface area contributed by atoms with Crippen LogP contribution in [0.1, 0.15) is 43.9 Å². The second kappa shape index (κ2) is 8.87. The first-order valence-electron chi connectivity index (χ1n) is 11.5. The van der Waals surface area contributed by atoms with E-state index in [9.17, 15) is 9.59 Å². The van der Waals surface area contributed by atoms with Crippen molar-refractivity contribution in [3.8, 4) is 5.75 Å². The highest BCUT2D eigenvalue weighted by Gasteiger charge is 2.47. The molecule has 0 bridgehead atoms. The minimum atomic E-state index is -0.440. The number of carbonyl (C=O) groups is 2. The molecule has 3 aliphatic rings. The van der Waals surface area contributed by atoms with Crippen LogP contribution >= 0.6 is 11.8 Å². The molecule has 5 rings (SSSR count). The van der Waals surface area contributed by atoms with Crippen LogP contribution in [-0.4, -0.2) is 47.4 Å². The number of piperidine rings is 1. The third kappa shape index (κ3) is 4.15. The van der Waals surface area contributed by atoms with E-state index in [1.165, 1.54) is 11.8 Å². The molecule has 1 saturated heterocycles. The summed E-state index contributed by atoms with van der Waals surface area (Å²) in [4.78, 5) is 32.7. The second-order valence-electron chi connectivity index (χ2n) is 9.02. The minimum absolute atomic E-state index is 0.0530. The molecule has 1 aromatic heterocycles. The van der Waals surface area contributed by atoms with Crippen molar-refractivity contribution in [1.82, 2.24) is 20.9 Å². The lowest BCUT2D eigenvalue weighted by atomic mass is 9.99. The minimum Gasteiger partial charge on any atom is -0.491 e. The Kier molecular flexibility index (Phi) is 5.92. The molecule has 3 N–H and O–H groups in total. The number of aryl methyl sites for hydroxylation is 1. The van der Waals surface area contributed by atoms with Crippen molar-refractivity contribution in [3.05, 3.63) is 41.6 Å². The molecule has 9 heteroatoms. The third-order valence-corrected chi connectivity index (χ3v) is 7.48. The van der Waals surface area contributed by atoms with Gasteiger partial charge in [-0.25, -0.2) is 9.78 Å². The second-order valence-corrected chi connectivity index (χ2v) is 10.1. The molecule has 3 aliphatic heterocycles. The number of urea groups is 1. The highest BCUT2D eigenvalue weighted by atomic mass is 32.2. The Hall–Kier alpha value is -2.78. The molecule has 3 atom stereocenters. The Labute approximate surface area is 197 Å². The summed E-state index contributed by atoms with van der Waals surface area (Å²) in [7, 11) is 0. The Morgan fingerprint density at radius 2 is 2.15 bits per heavy atom. The van der Waals surface area contributed by atoms with E-state index in [1.54, 1.807) is 11.1 Å². The van der Waals surface area contributed by atoms with E-state index in [0.29, 0.717) is 0 Å². The van der Waals surface area contributed by atoms with Crippen LogP contribution in [0.25, 0.3) is 0 Å². The Balaban J connectivity index is 1.44. The lowest BCUT2D eigenvalue weighted by Gasteiger charge is -2.35. The molecule has 0 saturated carbocycles. The molecule has 0 spiro atoms. The molecule has 1 fully saturated rings. The summed E-state index contributed by atoms with van der Waals surface area (Å²) in [5.74, 6) is 0.716. The van der Waals surface area contributed by atoms with Crippen LogP contribution in [0.5, 0.6) is 5.75 Å². The molecular weight excluding hydrogens is 438 g/mol. The number of anilines is 2. The van der Waals surface area contributed by atoms with E-state index < -0.39 is 11.3 Å². The van der Waals surface area contributed by atoms with Crippen molar-refractivity contribution in [2.24, 2.45) is 0 Å². The van der Waals surface area contributed by atoms with E-state index in [-0.39, 0.29) is 24.1 Å². The molecule has 2 unspecified atom stereocenters. The van der Waals surface area contributed by atoms with Crippen LogP contribution in [0.15, 0.2) is 35.5 Å². The lowest BCUT2D eigenvalue weighted by Crippen LogP contribution is -2.52. The predicted octanol–water partition coefficient (Wildman–Crippen LogP) is 3.42. The molecule has 8 nitrogen and oxygen atoms in total. The van der Waals surface area contributed by atoms with E-state index in [1.807, 2.05) is 45.0 Å². The molecule has 1 aromatic carbocycles. The number of hydrogen-bond acceptors (Lipinski definition) is 6. The van der Waals surface area contributed by atoms with Gasteiger partial charge in [0.2, 0.25) is 5.91 Å². The molecule has 33 heavy (non-hydrogen) atoms. The number of aromatic nitrogens is 1. The maximum absolute atomic E-state index is 13.3. The monoisotopic (exact) mass is 467 g/mol. The van der Waals surface area contributed by atoms with Crippen molar-refractivity contribution in [3.63, 3.8) is 0 Å². The largest absolute Gasteiger partial charge is 0.491 e. The Morgan fingerprint density at radius 1 is 1.30 bits per heavy atom. The SMILES string of the molecule is Cc1cc(OC(C)C)ccc1N1C(=O)NC2c3c1ccnc3S[C@H]2C(=O)NC1CCCNC1. The number of nitrogens with one attached hydrogen (secondary N) is 3. The maximum Gasteiger partial charge on any atom is 0.327 e. The summed E-state index contributed by atoms with van der Waals surface area (Å²) in [5, 5.41) is 9.92. The highest BCUT2D eigenvalue weighted by molar-refractivity contribution is 8.01. The fourth-order valence-corrected chi connectivity index (χ4v) is 5.98. The quantitative estimate of drug-likeness (QED) is 0.624. The first kappa shape index (κ1) is 22.0. The number of thioether (sulfide) groups is 1. The van der Waals surface area contributed by atoms with Gasteiger partial charge in [-0.1, -0.05) is 11.8 Å². The van der Waals surface area contributed by atoms with Crippen molar-refractivity contribution < 1.29 is 14.3 Å². The standard InChI is InChI=1S/C24H29N5O3S/c1-13(2)32-16-6-7-17(14(3)11-16)29-18-8-10-26-23-19(18)20(28-24(29)31)21(33-23)22(30)27-15-5-4-9-25-12-15/h6-8,10-11,13,15,20-21,25H,4-5,9,12H2,1-3H3,(H,27,30)(H,28,31)/t15?,20?,21-/m1/s1. The number of carbonyl (C=O) groups excluding carboxylic acids is 2. The van der Waals surface area contributed by atoms with E-state index in [0.717, 1.165) is 59.2 Å². The maximum atomic E-state index is 13.3. The molecule has 2 aromatic rings. The molecule has 4 heterocycles. The van der Waals surface area contributed by atoms with Crippen molar-refractivity contribution in [2.75, 3.05) is 18.0 Å². The fraction of sp³-hybridized carbons (Fsp3) is 0.458. The normalized spacial score (nSPS) is 23.8. The number of ether oxygens (including phenoxy) is 1. The van der Waals surface area contributed by atoms with E-state index in [4.69, 9.17) is 4.74 Å². The average molecular weight is 468 g/mol. The summed E-state index contributed by atoms with van der Waals surface area (Å²) < 4.78 is 5.80. The molecule has 0 aliphatic carbocycles. The number of nitrogens with zero attached hydrogens (tertiary/aromatic N) is 2. The number of rotatable bonds is 5. The van der Waals surface area contributed by atoms with Crippen molar-refractivity contribution in [1.29, 1.82) is 0 Å². The number of hydrogen-bond donors (Lipinski definition) is 3. The zero-order valence-electron chi connectivity index (χ0n) is 19.1. The lowest BCUT2D eigenvalue weighted by molar-refractivity contribution is -0.121. The van der Waals surface area contributed by atoms with Gasteiger partial charge in [-0.15, -0.1) is 0 Å². The van der Waals surface area contributed by atoms with Crippen LogP contribution in [0.4, 0.5) is 16.2 Å². The van der Waals surface area contributed by atoms with Crippen molar-refractivity contribution >= 4 is 35.1 Å². The van der Waals surface area contributed by atoms with Crippen LogP contribution in [-0.2, 0) is 4.79 Å². The molecule has 0 radical (unpaired) electrons. The first-order valence-corrected chi connectivity index (χ1v) is 12.3. The van der Waals surface area contributed by atoms with Gasteiger partial charge in [-0.3, -0.25) is 9.69 Å². The van der Waals surface area contributed by atoms with E-state index in [2.05, 4.69) is 20.9 Å². The Bertz CT molecular complexity index is 1090. The van der Waals surface area contributed by atoms with Gasteiger partial charge >= 0.3 is 6.03 Å². The van der Waals surface area contributed by atoms with Gasteiger partial charge in [0.15, 0.2) is 0 Å². The van der Waals surface area contributed by atoms with Gasteiger partial charge < -0.3 is 20.7 Å². The number of amides is 3. The third-order valence-electron chi connectivity index (χ3n) is 6.19. The zero-order valence-corrected chi connectivity index (χ0v) is 19.9. The predicted molar refractivity (Wildman–Crippen MR) is 128 cm³/mol.